The van der Waals surface area contributed by atoms with E-state index in [1.54, 1.807) is 0 Å². The largest absolute Gasteiger partial charge is 1.00 e. The Hall–Kier alpha value is 34.3. The average Bonchev–Trinajstić information content (AvgIpc) is 3.55. The molecule has 0 aromatic rings. The smallest absolute Gasteiger partial charge is 1.00 e. The van der Waals surface area contributed by atoms with E-state index in [0.717, 1.165) is 0 Å². The summed E-state index contributed by atoms with van der Waals surface area (Å²) in [4.78, 5) is 429. The van der Waals surface area contributed by atoms with E-state index in [4.69, 9.17) is 422 Å². The van der Waals surface area contributed by atoms with Gasteiger partial charge < -0.3 is 328 Å². The van der Waals surface area contributed by atoms with Crippen molar-refractivity contribution in [3.8, 4) is 0 Å². The van der Waals surface area contributed by atoms with Gasteiger partial charge in [-0.15, -0.1) is 0 Å². The molecule has 90 nitrogen and oxygen atoms in total. The summed E-state index contributed by atoms with van der Waals surface area (Å²) in [6, 6.07) is 0. The molecule has 0 atom stereocenters. The fourth-order valence-electron chi connectivity index (χ4n) is 0. The van der Waals surface area contributed by atoms with E-state index in [-0.39, 0.29) is 1480 Å². The van der Waals surface area contributed by atoms with Crippen LogP contribution in [-0.2, 0) is 134 Å². The quantitative estimate of drug-likeness (QED) is 0.100. The van der Waals surface area contributed by atoms with Crippen molar-refractivity contribution in [2.75, 3.05) is 0 Å². The van der Waals surface area contributed by atoms with Crippen LogP contribution in [0.4, 0.5) is 0 Å². The Kier molecular flexibility index (Phi) is 1000. The minimum Gasteiger partial charge on any atom is -1.00 e. The zero-order valence-corrected chi connectivity index (χ0v) is 200. The van der Waals surface area contributed by atoms with E-state index in [1.807, 2.05) is 0 Å². The zero-order chi connectivity index (χ0) is 107. The van der Waals surface area contributed by atoms with Gasteiger partial charge in [-0.2, -0.15) is 0 Å². The van der Waals surface area contributed by atoms with E-state index in [9.17, 15) is 0 Å². The average molecular weight is 3470 g/mol. The minimum absolute atomic E-state index is 0. The summed E-state index contributed by atoms with van der Waals surface area (Å²) >= 11 is 0. The molecule has 0 rings (SSSR count). The molecule has 0 aromatic heterocycles. The molecule has 0 spiro atoms. The van der Waals surface area contributed by atoms with Gasteiger partial charge in [0, 0.05) is 0 Å². The first-order valence-electron chi connectivity index (χ1n) is 19.5. The molecule has 0 bridgehead atoms. The van der Waals surface area contributed by atoms with Crippen molar-refractivity contribution in [1.82, 2.24) is 0 Å². The van der Waals surface area contributed by atoms with Crippen molar-refractivity contribution in [2.24, 2.45) is 0 Å². The van der Waals surface area contributed by atoms with Gasteiger partial charge in [0.15, 0.2) is 0 Å². The molecule has 60 N–H and O–H groups in total. The van der Waals surface area contributed by atoms with Crippen LogP contribution in [0.5, 0.6) is 0 Å². The van der Waals surface area contributed by atoms with Crippen molar-refractivity contribution in [3.05, 3.63) is 0 Å². The predicted octanol–water partition coefficient (Wildman–Crippen LogP) is -129. The maximum atomic E-state index is 8.74. The third-order valence-corrected chi connectivity index (χ3v) is 0. The molecule has 776 valence electrons. The molecule has 0 aliphatic rings. The van der Waals surface area contributed by atoms with E-state index < -0.39 is 275 Å². The van der Waals surface area contributed by atoms with Gasteiger partial charge in [-0.25, -0.2) is 0 Å². The molecule has 0 aliphatic carbocycles. The second kappa shape index (κ2) is 381. The summed E-state index contributed by atoms with van der Waals surface area (Å²) in [5.41, 5.74) is 0. The van der Waals surface area contributed by atoms with Gasteiger partial charge >= 0.3 is 1710 Å². The topological polar surface area (TPSA) is 1730 Å². The van der Waals surface area contributed by atoms with Gasteiger partial charge in [-0.1, -0.05) is 0 Å². The molecule has 0 radical (unpaired) electrons. The Morgan fingerprint density at radius 1 is 0.0541 bits per heavy atom. The molecule has 0 amide bonds. The SMILES string of the molecule is O=[Si](O)O.O=[Si](O)O.O=[Si](O)O.O=[Si](O)O.O=[Si](O)O.O=[Si](O)O.O=[Si](O)O.O=[Si](O)O.O=[Si](O)O.O=[Si](O)O.O=[Si](O)O.O=[Si](O)O.O=[Si](O)O.O=[Si](O)O.O=[Si](O)O.O=[Si](O)O.O=[Si](O)O.O=[Si](O)O.O=[Si](O)O.O=[Si](O)O.O=[Si](O)O.O=[Si](O)O.O=[Si](O)O.O=[Si](O)O.O=[Si](O)O.O=[Si](O)O.O=[Si](O)O.O=[Si](O)O.O=[Si](O)O.O=[Si](O)O.[H-].[H-].[H-].[H-].[H-].[H-].[H-].[H-].[H-].[H-].[H-].[H-].[H-].[H-].[H-].[H-].[H-].[H-].[H-].[H-].[H-].[H-].[H-].[H-].[H-].[H-].[H-].[H-].[K+].[K+].[K+].[K+].[K+].[K+].[K+].[K+].[K+].[K+].[K+].[K+].[K+].[K+].[K+].[K+].[K+].[K+].[K+].[K+].[K+].[K+].[K+].[K+].[K+].[K+].[K+].[K+]. The zero-order valence-electron chi connectivity index (χ0n) is 110. The summed E-state index contributed by atoms with van der Waals surface area (Å²) in [7, 11) is -93.9. The van der Waals surface area contributed by atoms with Gasteiger partial charge in [0.2, 0.25) is 0 Å². The fraction of sp³-hybridized carbons (Fsp3) is 0. The molecule has 0 unspecified atom stereocenters. The standard InChI is InChI=1S/28K.30H2O3Si.28H/c;;;;;;;;;;;;;;;;;;;;;;;;;;;;30*1-4(2)3;;;;;;;;;;;;;;;;;;;;;;;;;;;;/h;;;;;;;;;;;;;;;;;;;;;;;;;;;;30*1-2H;;;;;;;;;;;;;;;;;;;;;;;;;;;;/q28*+1;;;;;;;;;;;;;;;;;;;;;;;;;;;;;;;28*-1. The Balaban J connectivity index is -0.00000000561. The first-order chi connectivity index (χ1) is 52.0. The van der Waals surface area contributed by atoms with Crippen LogP contribution in [0.15, 0.2) is 0 Å². The van der Waals surface area contributed by atoms with Crippen LogP contribution in [0.3, 0.4) is 0 Å². The molecule has 0 saturated heterocycles. The van der Waals surface area contributed by atoms with Gasteiger partial charge in [0.25, 0.3) is 0 Å². The normalized spacial score (nSPS) is 4.86. The molecule has 0 aromatic carbocycles. The van der Waals surface area contributed by atoms with Crippen molar-refractivity contribution >= 4 is 275 Å². The van der Waals surface area contributed by atoms with E-state index in [2.05, 4.69) is 0 Å². The van der Waals surface area contributed by atoms with Crippen LogP contribution < -0.4 is 1440 Å². The second-order valence-corrected chi connectivity index (χ2v) is 25.4. The minimum atomic E-state index is -3.13. The molecule has 148 heavy (non-hydrogen) atoms. The van der Waals surface area contributed by atoms with Crippen LogP contribution in [0.2, 0.25) is 0 Å². The number of hydrogen-bond donors (Lipinski definition) is 60. The van der Waals surface area contributed by atoms with Crippen LogP contribution >= 0.6 is 0 Å². The Morgan fingerprint density at radius 2 is 0.0541 bits per heavy atom. The summed E-state index contributed by atoms with van der Waals surface area (Å²) in [5, 5.41) is 0. The van der Waals surface area contributed by atoms with E-state index >= 15 is 0 Å². The molecular weight excluding hydrogens is 3380 g/mol. The van der Waals surface area contributed by atoms with Crippen LogP contribution in [0.25, 0.3) is 0 Å². The Bertz CT molecular complexity index is 1890. The molecule has 0 aliphatic heterocycles. The summed E-state index contributed by atoms with van der Waals surface area (Å²) in [6.07, 6.45) is 0. The van der Waals surface area contributed by atoms with Gasteiger partial charge in [0.1, 0.15) is 0 Å². The van der Waals surface area contributed by atoms with Crippen molar-refractivity contribution in [3.63, 3.8) is 0 Å². The van der Waals surface area contributed by atoms with Gasteiger partial charge in [-0.3, -0.25) is 134 Å². The van der Waals surface area contributed by atoms with E-state index in [1.165, 1.54) is 0 Å². The molecule has 148 heteroatoms. The number of hydrogen-bond acceptors (Lipinski definition) is 30. The molecule has 0 saturated carbocycles. The Labute approximate surface area is 2100 Å². The summed E-state index contributed by atoms with van der Waals surface area (Å²) < 4.78 is 262. The van der Waals surface area contributed by atoms with Gasteiger partial charge in [0.05, 0.1) is 0 Å². The monoisotopic (exact) mass is 3460 g/mol. The first kappa shape index (κ1) is 388. The van der Waals surface area contributed by atoms with Crippen LogP contribution in [0, 0.1) is 0 Å². The predicted molar refractivity (Wildman–Crippen MR) is 357 cm³/mol. The first-order valence-corrected chi connectivity index (χ1v) is 58.6. The molecule has 0 fully saturated rings. The van der Waals surface area contributed by atoms with E-state index in [0.29, 0.717) is 0 Å². The Morgan fingerprint density at radius 3 is 0.0541 bits per heavy atom. The maximum absolute atomic E-state index is 8.74. The van der Waals surface area contributed by atoms with Crippen LogP contribution in [-0.4, -0.2) is 563 Å². The van der Waals surface area contributed by atoms with Crippen molar-refractivity contribution in [1.29, 1.82) is 0 Å². The molecular formula is H88K28O90Si30. The van der Waals surface area contributed by atoms with Gasteiger partial charge in [-0.05, 0) is 0 Å². The maximum Gasteiger partial charge on any atom is 1.00 e. The second-order valence-electron chi connectivity index (χ2n) is 8.48. The molecule has 0 heterocycles. The summed E-state index contributed by atoms with van der Waals surface area (Å²) in [5.74, 6) is 0. The third-order valence-electron chi connectivity index (χ3n) is 0. The number of rotatable bonds is 0. The fourth-order valence-corrected chi connectivity index (χ4v) is 0. The van der Waals surface area contributed by atoms with Crippen LogP contribution in [0.1, 0.15) is 39.9 Å². The third kappa shape index (κ3) is 4920. The summed E-state index contributed by atoms with van der Waals surface area (Å²) in [6.45, 7) is 0. The van der Waals surface area contributed by atoms with Crippen molar-refractivity contribution < 1.29 is 1900 Å². The van der Waals surface area contributed by atoms with Crippen molar-refractivity contribution in [2.45, 2.75) is 0 Å².